The SMILES string of the molecule is C[C@]12CC=C3[C@@H](CCC4CC(O)(O)C=C[C@]34C)[C@@H]1CC[C@@H]2N. The molecular weight excluding hydrogens is 274 g/mol. The maximum atomic E-state index is 9.98. The van der Waals surface area contributed by atoms with E-state index in [0.29, 0.717) is 30.2 Å². The van der Waals surface area contributed by atoms with Crippen molar-refractivity contribution in [1.29, 1.82) is 0 Å². The van der Waals surface area contributed by atoms with Crippen LogP contribution in [0.1, 0.15) is 52.4 Å². The molecular formula is C19H29NO2. The first kappa shape index (κ1) is 14.9. The molecule has 0 aromatic heterocycles. The second kappa shape index (κ2) is 4.46. The Labute approximate surface area is 133 Å². The van der Waals surface area contributed by atoms with Crippen LogP contribution in [0.3, 0.4) is 0 Å². The Morgan fingerprint density at radius 1 is 1.09 bits per heavy atom. The average molecular weight is 303 g/mol. The number of rotatable bonds is 0. The molecule has 0 amide bonds. The molecule has 2 fully saturated rings. The molecule has 0 saturated heterocycles. The number of fused-ring (bicyclic) bond motifs is 5. The van der Waals surface area contributed by atoms with Crippen LogP contribution in [-0.4, -0.2) is 22.0 Å². The topological polar surface area (TPSA) is 66.5 Å². The molecule has 6 atom stereocenters. The molecule has 0 aromatic carbocycles. The molecule has 0 spiro atoms. The Hall–Kier alpha value is -0.640. The summed E-state index contributed by atoms with van der Waals surface area (Å²) in [5.74, 6) is 0.0809. The molecule has 0 bridgehead atoms. The fourth-order valence-electron chi connectivity index (χ4n) is 6.13. The summed E-state index contributed by atoms with van der Waals surface area (Å²) in [6.45, 7) is 4.69. The molecule has 4 aliphatic rings. The molecule has 1 unspecified atom stereocenters. The van der Waals surface area contributed by atoms with Gasteiger partial charge in [-0.25, -0.2) is 0 Å². The number of aliphatic hydroxyl groups is 2. The average Bonchev–Trinajstić information content (AvgIpc) is 2.76. The quantitative estimate of drug-likeness (QED) is 0.476. The van der Waals surface area contributed by atoms with E-state index in [4.69, 9.17) is 5.73 Å². The normalized spacial score (nSPS) is 52.5. The summed E-state index contributed by atoms with van der Waals surface area (Å²) in [7, 11) is 0. The number of hydrogen-bond donors (Lipinski definition) is 3. The van der Waals surface area contributed by atoms with E-state index in [9.17, 15) is 10.2 Å². The molecule has 3 nitrogen and oxygen atoms in total. The third kappa shape index (κ3) is 1.85. The lowest BCUT2D eigenvalue weighted by molar-refractivity contribution is -0.148. The first-order chi connectivity index (χ1) is 10.3. The molecule has 3 heteroatoms. The zero-order valence-corrected chi connectivity index (χ0v) is 13.8. The summed E-state index contributed by atoms with van der Waals surface area (Å²) < 4.78 is 0. The molecule has 2 saturated carbocycles. The van der Waals surface area contributed by atoms with E-state index < -0.39 is 5.79 Å². The second-order valence-corrected chi connectivity index (χ2v) is 8.74. The van der Waals surface area contributed by atoms with Crippen molar-refractivity contribution < 1.29 is 10.2 Å². The van der Waals surface area contributed by atoms with Gasteiger partial charge in [0.2, 0.25) is 0 Å². The van der Waals surface area contributed by atoms with Gasteiger partial charge in [0.1, 0.15) is 0 Å². The van der Waals surface area contributed by atoms with Crippen LogP contribution in [0.15, 0.2) is 23.8 Å². The molecule has 4 N–H and O–H groups in total. The molecule has 22 heavy (non-hydrogen) atoms. The van der Waals surface area contributed by atoms with Crippen molar-refractivity contribution in [3.05, 3.63) is 23.8 Å². The lowest BCUT2D eigenvalue weighted by Gasteiger charge is -2.55. The highest BCUT2D eigenvalue weighted by Crippen LogP contribution is 2.63. The maximum Gasteiger partial charge on any atom is 0.182 e. The summed E-state index contributed by atoms with van der Waals surface area (Å²) in [6.07, 6.45) is 12.4. The number of nitrogens with two attached hydrogens (primary N) is 1. The van der Waals surface area contributed by atoms with E-state index >= 15 is 0 Å². The van der Waals surface area contributed by atoms with Gasteiger partial charge in [-0.3, -0.25) is 0 Å². The molecule has 0 aromatic rings. The zero-order chi connectivity index (χ0) is 15.8. The van der Waals surface area contributed by atoms with E-state index in [1.54, 1.807) is 11.6 Å². The van der Waals surface area contributed by atoms with Crippen LogP contribution in [0.2, 0.25) is 0 Å². The van der Waals surface area contributed by atoms with Crippen molar-refractivity contribution in [2.24, 2.45) is 34.3 Å². The molecule has 4 rings (SSSR count). The summed E-state index contributed by atoms with van der Waals surface area (Å²) in [5, 5.41) is 20.0. The largest absolute Gasteiger partial charge is 0.362 e. The molecule has 0 aliphatic heterocycles. The van der Waals surface area contributed by atoms with Crippen LogP contribution in [-0.2, 0) is 0 Å². The minimum Gasteiger partial charge on any atom is -0.362 e. The highest BCUT2D eigenvalue weighted by atomic mass is 16.5. The van der Waals surface area contributed by atoms with Gasteiger partial charge in [0.05, 0.1) is 0 Å². The summed E-state index contributed by atoms with van der Waals surface area (Å²) in [6, 6.07) is 0.338. The predicted octanol–water partition coefficient (Wildman–Crippen LogP) is 2.73. The molecule has 0 radical (unpaired) electrons. The van der Waals surface area contributed by atoms with Gasteiger partial charge in [-0.05, 0) is 61.3 Å². The van der Waals surface area contributed by atoms with E-state index in [2.05, 4.69) is 26.0 Å². The Morgan fingerprint density at radius 2 is 1.86 bits per heavy atom. The Morgan fingerprint density at radius 3 is 2.64 bits per heavy atom. The van der Waals surface area contributed by atoms with Crippen molar-refractivity contribution in [1.82, 2.24) is 0 Å². The van der Waals surface area contributed by atoms with Crippen molar-refractivity contribution in [2.75, 3.05) is 0 Å². The minimum absolute atomic E-state index is 0.00585. The van der Waals surface area contributed by atoms with E-state index in [1.165, 1.54) is 12.8 Å². The minimum atomic E-state index is -1.61. The highest BCUT2D eigenvalue weighted by Gasteiger charge is 2.56. The fourth-order valence-corrected chi connectivity index (χ4v) is 6.13. The monoisotopic (exact) mass is 303 g/mol. The molecule has 122 valence electrons. The van der Waals surface area contributed by atoms with Crippen LogP contribution < -0.4 is 5.73 Å². The van der Waals surface area contributed by atoms with Gasteiger partial charge in [0, 0.05) is 17.9 Å². The molecule has 4 aliphatic carbocycles. The van der Waals surface area contributed by atoms with Crippen LogP contribution in [0, 0.1) is 28.6 Å². The van der Waals surface area contributed by atoms with Crippen molar-refractivity contribution in [3.63, 3.8) is 0 Å². The predicted molar refractivity (Wildman–Crippen MR) is 86.8 cm³/mol. The third-order valence-electron chi connectivity index (χ3n) is 7.67. The van der Waals surface area contributed by atoms with Crippen molar-refractivity contribution in [3.8, 4) is 0 Å². The van der Waals surface area contributed by atoms with Crippen molar-refractivity contribution in [2.45, 2.75) is 64.2 Å². The van der Waals surface area contributed by atoms with Crippen LogP contribution in [0.5, 0.6) is 0 Å². The van der Waals surface area contributed by atoms with Gasteiger partial charge in [0.25, 0.3) is 0 Å². The first-order valence-corrected chi connectivity index (χ1v) is 8.87. The van der Waals surface area contributed by atoms with E-state index in [-0.39, 0.29) is 10.8 Å². The summed E-state index contributed by atoms with van der Waals surface area (Å²) in [5.41, 5.74) is 8.28. The van der Waals surface area contributed by atoms with Gasteiger partial charge >= 0.3 is 0 Å². The van der Waals surface area contributed by atoms with Crippen molar-refractivity contribution >= 4 is 0 Å². The van der Waals surface area contributed by atoms with Gasteiger partial charge in [-0.15, -0.1) is 0 Å². The Kier molecular flexibility index (Phi) is 3.03. The lowest BCUT2D eigenvalue weighted by atomic mass is 9.50. The van der Waals surface area contributed by atoms with Crippen LogP contribution >= 0.6 is 0 Å². The number of allylic oxidation sites excluding steroid dienone is 3. The Balaban J connectivity index is 1.74. The lowest BCUT2D eigenvalue weighted by Crippen LogP contribution is -2.50. The summed E-state index contributed by atoms with van der Waals surface area (Å²) >= 11 is 0. The highest BCUT2D eigenvalue weighted by molar-refractivity contribution is 5.34. The van der Waals surface area contributed by atoms with Gasteiger partial charge in [-0.2, -0.15) is 0 Å². The zero-order valence-electron chi connectivity index (χ0n) is 13.8. The maximum absolute atomic E-state index is 9.98. The smallest absolute Gasteiger partial charge is 0.182 e. The third-order valence-corrected chi connectivity index (χ3v) is 7.67. The van der Waals surface area contributed by atoms with Crippen LogP contribution in [0.4, 0.5) is 0 Å². The van der Waals surface area contributed by atoms with Gasteiger partial charge in [0.15, 0.2) is 5.79 Å². The molecule has 0 heterocycles. The number of hydrogen-bond acceptors (Lipinski definition) is 3. The second-order valence-electron chi connectivity index (χ2n) is 8.74. The van der Waals surface area contributed by atoms with Gasteiger partial charge < -0.3 is 15.9 Å². The van der Waals surface area contributed by atoms with E-state index in [0.717, 1.165) is 19.3 Å². The standard InChI is InChI=1S/C19H29NO2/c1-17-9-10-19(21,22)11-12(17)3-4-13-14-5-6-16(20)18(14,2)8-7-15(13)17/h7,9-10,12-14,16,21-22H,3-6,8,11,20H2,1-2H3/t12?,13-,14-,16-,17-,18-/m0/s1. The van der Waals surface area contributed by atoms with Gasteiger partial charge in [-0.1, -0.05) is 31.6 Å². The van der Waals surface area contributed by atoms with Crippen LogP contribution in [0.25, 0.3) is 0 Å². The fraction of sp³-hybridized carbons (Fsp3) is 0.789. The summed E-state index contributed by atoms with van der Waals surface area (Å²) in [4.78, 5) is 0. The Bertz CT molecular complexity index is 552. The first-order valence-electron chi connectivity index (χ1n) is 8.87. The van der Waals surface area contributed by atoms with E-state index in [1.807, 2.05) is 0 Å².